The number of nitrogens with one attached hydrogen (secondary N) is 1. The van der Waals surface area contributed by atoms with Crippen molar-refractivity contribution in [1.29, 1.82) is 0 Å². The molecule has 1 heterocycles. The van der Waals surface area contributed by atoms with E-state index in [9.17, 15) is 4.79 Å². The van der Waals surface area contributed by atoms with Crippen molar-refractivity contribution < 1.29 is 9.53 Å². The number of benzene rings is 1. The molecule has 5 nitrogen and oxygen atoms in total. The molecule has 0 spiro atoms. The van der Waals surface area contributed by atoms with Crippen molar-refractivity contribution in [2.75, 3.05) is 17.7 Å². The van der Waals surface area contributed by atoms with E-state index in [1.165, 1.54) is 11.3 Å². The van der Waals surface area contributed by atoms with Crippen LogP contribution < -0.4 is 15.8 Å². The monoisotopic (exact) mass is 263 g/mol. The summed E-state index contributed by atoms with van der Waals surface area (Å²) in [7, 11) is 0. The second-order valence-corrected chi connectivity index (χ2v) is 4.37. The Morgan fingerprint density at radius 3 is 3.06 bits per heavy atom. The van der Waals surface area contributed by atoms with Gasteiger partial charge in [-0.15, -0.1) is 11.3 Å². The fraction of sp³-hybridized carbons (Fsp3) is 0.167. The van der Waals surface area contributed by atoms with Crippen LogP contribution in [0, 0.1) is 0 Å². The smallest absolute Gasteiger partial charge is 0.261 e. The summed E-state index contributed by atoms with van der Waals surface area (Å²) in [6, 6.07) is 4.98. The number of thiazole rings is 1. The van der Waals surface area contributed by atoms with Gasteiger partial charge < -0.3 is 10.5 Å². The van der Waals surface area contributed by atoms with Crippen LogP contribution in [0.2, 0.25) is 0 Å². The van der Waals surface area contributed by atoms with Crippen LogP contribution in [-0.2, 0) is 0 Å². The van der Waals surface area contributed by atoms with Gasteiger partial charge in [-0.05, 0) is 25.1 Å². The van der Waals surface area contributed by atoms with E-state index in [0.29, 0.717) is 28.7 Å². The summed E-state index contributed by atoms with van der Waals surface area (Å²) in [4.78, 5) is 16.1. The molecule has 1 amide bonds. The summed E-state index contributed by atoms with van der Waals surface area (Å²) < 4.78 is 5.40. The Labute approximate surface area is 109 Å². The average molecular weight is 263 g/mol. The van der Waals surface area contributed by atoms with Crippen LogP contribution in [0.3, 0.4) is 0 Å². The zero-order valence-electron chi connectivity index (χ0n) is 9.84. The first-order valence-corrected chi connectivity index (χ1v) is 6.32. The van der Waals surface area contributed by atoms with E-state index in [1.807, 2.05) is 6.92 Å². The Bertz CT molecular complexity index is 540. The van der Waals surface area contributed by atoms with Crippen LogP contribution in [0.1, 0.15) is 17.3 Å². The highest BCUT2D eigenvalue weighted by Crippen LogP contribution is 2.23. The molecule has 0 aliphatic rings. The van der Waals surface area contributed by atoms with E-state index in [0.717, 1.165) is 0 Å². The fourth-order valence-electron chi connectivity index (χ4n) is 1.46. The van der Waals surface area contributed by atoms with Crippen molar-refractivity contribution in [3.8, 4) is 5.75 Å². The lowest BCUT2D eigenvalue weighted by molar-refractivity contribution is 0.102. The van der Waals surface area contributed by atoms with Crippen LogP contribution in [0.4, 0.5) is 10.8 Å². The van der Waals surface area contributed by atoms with Gasteiger partial charge >= 0.3 is 0 Å². The zero-order valence-corrected chi connectivity index (χ0v) is 10.7. The second-order valence-electron chi connectivity index (χ2n) is 3.48. The minimum atomic E-state index is -0.277. The molecule has 0 saturated heterocycles. The van der Waals surface area contributed by atoms with Gasteiger partial charge in [0.05, 0.1) is 12.2 Å². The van der Waals surface area contributed by atoms with Gasteiger partial charge in [-0.1, -0.05) is 0 Å². The fourth-order valence-corrected chi connectivity index (χ4v) is 1.98. The third kappa shape index (κ3) is 2.78. The molecule has 6 heteroatoms. The van der Waals surface area contributed by atoms with Gasteiger partial charge in [-0.3, -0.25) is 10.1 Å². The average Bonchev–Trinajstić information content (AvgIpc) is 2.84. The molecule has 0 radical (unpaired) electrons. The van der Waals surface area contributed by atoms with Gasteiger partial charge in [0.25, 0.3) is 5.91 Å². The molecule has 1 aromatic carbocycles. The Hall–Kier alpha value is -2.08. The first-order valence-electron chi connectivity index (χ1n) is 5.44. The van der Waals surface area contributed by atoms with Gasteiger partial charge in [0.2, 0.25) is 0 Å². The second kappa shape index (κ2) is 5.50. The molecule has 18 heavy (non-hydrogen) atoms. The van der Waals surface area contributed by atoms with E-state index in [4.69, 9.17) is 10.5 Å². The highest BCUT2D eigenvalue weighted by atomic mass is 32.1. The molecular weight excluding hydrogens is 250 g/mol. The van der Waals surface area contributed by atoms with Crippen LogP contribution in [-0.4, -0.2) is 17.5 Å². The predicted molar refractivity (Wildman–Crippen MR) is 72.1 cm³/mol. The van der Waals surface area contributed by atoms with Crippen LogP contribution in [0.25, 0.3) is 0 Å². The van der Waals surface area contributed by atoms with E-state index in [1.54, 1.807) is 29.8 Å². The molecule has 0 aliphatic heterocycles. The van der Waals surface area contributed by atoms with E-state index >= 15 is 0 Å². The number of ether oxygens (including phenoxy) is 1. The molecule has 0 atom stereocenters. The van der Waals surface area contributed by atoms with Crippen LogP contribution >= 0.6 is 11.3 Å². The molecule has 2 aromatic rings. The Morgan fingerprint density at radius 2 is 2.39 bits per heavy atom. The maximum Gasteiger partial charge on any atom is 0.261 e. The molecule has 0 unspecified atom stereocenters. The molecule has 0 saturated carbocycles. The van der Waals surface area contributed by atoms with Crippen molar-refractivity contribution in [1.82, 2.24) is 4.98 Å². The summed E-state index contributed by atoms with van der Waals surface area (Å²) in [5.74, 6) is 0.237. The lowest BCUT2D eigenvalue weighted by atomic mass is 10.1. The van der Waals surface area contributed by atoms with E-state index in [2.05, 4.69) is 10.3 Å². The molecule has 94 valence electrons. The Balaban J connectivity index is 2.25. The first kappa shape index (κ1) is 12.4. The number of nitrogens with zero attached hydrogens (tertiary/aromatic N) is 1. The molecular formula is C12H13N3O2S. The lowest BCUT2D eigenvalue weighted by Crippen LogP contribution is -2.14. The SMILES string of the molecule is CCOc1ccc(N)cc1C(=O)Nc1nccs1. The third-order valence-corrected chi connectivity index (χ3v) is 2.89. The minimum absolute atomic E-state index is 0.277. The largest absolute Gasteiger partial charge is 0.493 e. The summed E-state index contributed by atoms with van der Waals surface area (Å²) in [5.41, 5.74) is 6.61. The molecule has 0 fully saturated rings. The number of aromatic nitrogens is 1. The van der Waals surface area contributed by atoms with Crippen molar-refractivity contribution in [2.24, 2.45) is 0 Å². The van der Waals surface area contributed by atoms with Gasteiger partial charge in [-0.25, -0.2) is 4.98 Å². The Kier molecular flexibility index (Phi) is 3.78. The van der Waals surface area contributed by atoms with Crippen LogP contribution in [0.5, 0.6) is 5.75 Å². The van der Waals surface area contributed by atoms with Crippen LogP contribution in [0.15, 0.2) is 29.8 Å². The van der Waals surface area contributed by atoms with E-state index < -0.39 is 0 Å². The Morgan fingerprint density at radius 1 is 1.56 bits per heavy atom. The highest BCUT2D eigenvalue weighted by Gasteiger charge is 2.14. The number of hydrogen-bond donors (Lipinski definition) is 2. The number of nitrogens with two attached hydrogens (primary N) is 1. The topological polar surface area (TPSA) is 77.2 Å². The number of anilines is 2. The summed E-state index contributed by atoms with van der Waals surface area (Å²) in [6.45, 7) is 2.35. The van der Waals surface area contributed by atoms with E-state index in [-0.39, 0.29) is 5.91 Å². The molecule has 0 aliphatic carbocycles. The number of nitrogen functional groups attached to an aromatic ring is 1. The van der Waals surface area contributed by atoms with Crippen molar-refractivity contribution >= 4 is 28.1 Å². The lowest BCUT2D eigenvalue weighted by Gasteiger charge is -2.10. The molecule has 3 N–H and O–H groups in total. The maximum atomic E-state index is 12.1. The predicted octanol–water partition coefficient (Wildman–Crippen LogP) is 2.38. The van der Waals surface area contributed by atoms with Gasteiger partial charge in [-0.2, -0.15) is 0 Å². The number of hydrogen-bond acceptors (Lipinski definition) is 5. The van der Waals surface area contributed by atoms with Crippen molar-refractivity contribution in [2.45, 2.75) is 6.92 Å². The normalized spacial score (nSPS) is 10.1. The van der Waals surface area contributed by atoms with Gasteiger partial charge in [0.15, 0.2) is 5.13 Å². The van der Waals surface area contributed by atoms with Crippen molar-refractivity contribution in [3.05, 3.63) is 35.3 Å². The summed E-state index contributed by atoms with van der Waals surface area (Å²) in [6.07, 6.45) is 1.63. The molecule has 0 bridgehead atoms. The molecule has 2 rings (SSSR count). The van der Waals surface area contributed by atoms with Gasteiger partial charge in [0.1, 0.15) is 5.75 Å². The highest BCUT2D eigenvalue weighted by molar-refractivity contribution is 7.13. The number of carbonyl (C=O) groups is 1. The molecule has 1 aromatic heterocycles. The van der Waals surface area contributed by atoms with Gasteiger partial charge in [0, 0.05) is 17.3 Å². The maximum absolute atomic E-state index is 12.1. The minimum Gasteiger partial charge on any atom is -0.493 e. The zero-order chi connectivity index (χ0) is 13.0. The number of rotatable bonds is 4. The number of carbonyl (C=O) groups excluding carboxylic acids is 1. The summed E-state index contributed by atoms with van der Waals surface area (Å²) in [5, 5.41) is 5.03. The quantitative estimate of drug-likeness (QED) is 0.830. The number of amides is 1. The first-order chi connectivity index (χ1) is 8.70. The third-order valence-electron chi connectivity index (χ3n) is 2.20. The standard InChI is InChI=1S/C12H13N3O2S/c1-2-17-10-4-3-8(13)7-9(10)11(16)15-12-14-5-6-18-12/h3-7H,2,13H2,1H3,(H,14,15,16). The van der Waals surface area contributed by atoms with Crippen molar-refractivity contribution in [3.63, 3.8) is 0 Å². The summed E-state index contributed by atoms with van der Waals surface area (Å²) >= 11 is 1.35.